The number of nitrogens with one attached hydrogen (secondary N) is 2. The predicted molar refractivity (Wildman–Crippen MR) is 71.1 cm³/mol. The first-order valence-corrected chi connectivity index (χ1v) is 6.13. The molecule has 1 aliphatic rings. The number of benzene rings is 1. The third kappa shape index (κ3) is 3.19. The molecule has 1 saturated heterocycles. The fourth-order valence-corrected chi connectivity index (χ4v) is 2.17. The number of nitro groups is 1. The van der Waals surface area contributed by atoms with Crippen LogP contribution in [-0.4, -0.2) is 30.0 Å². The molecule has 1 aromatic rings. The van der Waals surface area contributed by atoms with E-state index in [0.29, 0.717) is 18.3 Å². The van der Waals surface area contributed by atoms with Crippen LogP contribution in [0.3, 0.4) is 0 Å². The molecule has 1 aromatic carbocycles. The second-order valence-electron chi connectivity index (χ2n) is 4.53. The molecular formula is C12H16N4O3. The predicted octanol–water partition coefficient (Wildman–Crippen LogP) is 0.858. The minimum atomic E-state index is -0.675. The van der Waals surface area contributed by atoms with E-state index in [2.05, 4.69) is 10.6 Å². The summed E-state index contributed by atoms with van der Waals surface area (Å²) in [6.45, 7) is 1.66. The molecule has 1 unspecified atom stereocenters. The van der Waals surface area contributed by atoms with E-state index in [0.717, 1.165) is 19.4 Å². The zero-order chi connectivity index (χ0) is 13.8. The number of nitrogens with two attached hydrogens (primary N) is 1. The van der Waals surface area contributed by atoms with E-state index in [1.165, 1.54) is 18.2 Å². The molecule has 2 rings (SSSR count). The highest BCUT2D eigenvalue weighted by Crippen LogP contribution is 2.22. The lowest BCUT2D eigenvalue weighted by Gasteiger charge is -2.14. The van der Waals surface area contributed by atoms with Gasteiger partial charge in [0, 0.05) is 30.4 Å². The molecule has 1 atom stereocenters. The van der Waals surface area contributed by atoms with E-state index in [1.807, 2.05) is 0 Å². The largest absolute Gasteiger partial charge is 0.383 e. The maximum Gasteiger partial charge on any atom is 0.270 e. The Kier molecular flexibility index (Phi) is 3.96. The zero-order valence-corrected chi connectivity index (χ0v) is 10.4. The number of rotatable bonds is 5. The van der Waals surface area contributed by atoms with Crippen molar-refractivity contribution >= 4 is 17.3 Å². The topological polar surface area (TPSA) is 110 Å². The molecule has 0 aromatic heterocycles. The first-order valence-electron chi connectivity index (χ1n) is 6.13. The van der Waals surface area contributed by atoms with Crippen molar-refractivity contribution in [3.63, 3.8) is 0 Å². The van der Waals surface area contributed by atoms with Gasteiger partial charge in [-0.3, -0.25) is 14.9 Å². The van der Waals surface area contributed by atoms with E-state index in [1.54, 1.807) is 0 Å². The number of amides is 1. The van der Waals surface area contributed by atoms with Crippen molar-refractivity contribution in [3.05, 3.63) is 33.9 Å². The molecule has 19 heavy (non-hydrogen) atoms. The Morgan fingerprint density at radius 2 is 2.37 bits per heavy atom. The van der Waals surface area contributed by atoms with Gasteiger partial charge in [0.15, 0.2) is 0 Å². The van der Waals surface area contributed by atoms with E-state index in [9.17, 15) is 14.9 Å². The Bertz CT molecular complexity index is 498. The van der Waals surface area contributed by atoms with Gasteiger partial charge >= 0.3 is 0 Å². The number of carbonyl (C=O) groups excluding carboxylic acids is 1. The van der Waals surface area contributed by atoms with Crippen LogP contribution in [0.4, 0.5) is 11.4 Å². The van der Waals surface area contributed by atoms with Crippen LogP contribution in [-0.2, 0) is 0 Å². The second kappa shape index (κ2) is 5.66. The summed E-state index contributed by atoms with van der Waals surface area (Å²) in [6.07, 6.45) is 2.21. The van der Waals surface area contributed by atoms with Crippen molar-refractivity contribution in [3.8, 4) is 0 Å². The molecule has 1 fully saturated rings. The van der Waals surface area contributed by atoms with E-state index >= 15 is 0 Å². The van der Waals surface area contributed by atoms with Gasteiger partial charge < -0.3 is 16.4 Å². The number of carbonyl (C=O) groups is 1. The van der Waals surface area contributed by atoms with Crippen LogP contribution in [0, 0.1) is 10.1 Å². The number of anilines is 1. The third-order valence-corrected chi connectivity index (χ3v) is 3.18. The lowest BCUT2D eigenvalue weighted by molar-refractivity contribution is -0.384. The molecule has 0 spiro atoms. The molecule has 0 aliphatic carbocycles. The molecule has 0 saturated carbocycles. The summed E-state index contributed by atoms with van der Waals surface area (Å²) in [6, 6.07) is 4.44. The van der Waals surface area contributed by atoms with Gasteiger partial charge in [-0.1, -0.05) is 0 Å². The van der Waals surface area contributed by atoms with Gasteiger partial charge in [-0.15, -0.1) is 0 Å². The van der Waals surface area contributed by atoms with Crippen LogP contribution in [0.2, 0.25) is 0 Å². The van der Waals surface area contributed by atoms with Crippen LogP contribution in [0.5, 0.6) is 0 Å². The van der Waals surface area contributed by atoms with Crippen LogP contribution >= 0.6 is 0 Å². The van der Waals surface area contributed by atoms with Crippen LogP contribution in [0.1, 0.15) is 23.2 Å². The van der Waals surface area contributed by atoms with Crippen LogP contribution in [0.15, 0.2) is 18.2 Å². The Labute approximate surface area is 110 Å². The molecule has 102 valence electrons. The van der Waals surface area contributed by atoms with Crippen LogP contribution < -0.4 is 16.4 Å². The summed E-state index contributed by atoms with van der Waals surface area (Å²) in [7, 11) is 0. The smallest absolute Gasteiger partial charge is 0.270 e. The van der Waals surface area contributed by atoms with Crippen molar-refractivity contribution in [2.24, 2.45) is 5.73 Å². The van der Waals surface area contributed by atoms with Crippen molar-refractivity contribution in [2.45, 2.75) is 18.9 Å². The number of nitro benzene ring substituents is 1. The van der Waals surface area contributed by atoms with Crippen molar-refractivity contribution in [1.29, 1.82) is 0 Å². The van der Waals surface area contributed by atoms with Gasteiger partial charge in [-0.25, -0.2) is 0 Å². The summed E-state index contributed by atoms with van der Waals surface area (Å²) >= 11 is 0. The summed E-state index contributed by atoms with van der Waals surface area (Å²) in [5.41, 5.74) is 5.79. The molecule has 1 heterocycles. The summed E-state index contributed by atoms with van der Waals surface area (Å²) in [5, 5.41) is 17.1. The number of nitrogens with zero attached hydrogens (tertiary/aromatic N) is 1. The molecule has 7 nitrogen and oxygen atoms in total. The monoisotopic (exact) mass is 264 g/mol. The van der Waals surface area contributed by atoms with Crippen molar-refractivity contribution < 1.29 is 9.72 Å². The fourth-order valence-electron chi connectivity index (χ4n) is 2.17. The molecule has 0 radical (unpaired) electrons. The van der Waals surface area contributed by atoms with Crippen molar-refractivity contribution in [1.82, 2.24) is 5.32 Å². The van der Waals surface area contributed by atoms with Gasteiger partial charge in [0.25, 0.3) is 11.6 Å². The highest BCUT2D eigenvalue weighted by Gasteiger charge is 2.17. The van der Waals surface area contributed by atoms with Crippen LogP contribution in [0.25, 0.3) is 0 Å². The second-order valence-corrected chi connectivity index (χ2v) is 4.53. The Morgan fingerprint density at radius 3 is 2.95 bits per heavy atom. The molecule has 4 N–H and O–H groups in total. The lowest BCUT2D eigenvalue weighted by atomic mass is 10.1. The molecule has 7 heteroatoms. The molecular weight excluding hydrogens is 248 g/mol. The van der Waals surface area contributed by atoms with Gasteiger partial charge in [-0.2, -0.15) is 0 Å². The normalized spacial score (nSPS) is 18.2. The highest BCUT2D eigenvalue weighted by atomic mass is 16.6. The SMILES string of the molecule is NC(=O)c1cc([N+](=O)[O-])ccc1NCC1CCCN1. The quantitative estimate of drug-likeness (QED) is 0.539. The van der Waals surface area contributed by atoms with Gasteiger partial charge in [0.05, 0.1) is 10.5 Å². The van der Waals surface area contributed by atoms with E-state index < -0.39 is 10.8 Å². The van der Waals surface area contributed by atoms with Gasteiger partial charge in [0.1, 0.15) is 0 Å². The highest BCUT2D eigenvalue weighted by molar-refractivity contribution is 5.99. The van der Waals surface area contributed by atoms with E-state index in [-0.39, 0.29) is 11.3 Å². The zero-order valence-electron chi connectivity index (χ0n) is 10.4. The molecule has 1 aliphatic heterocycles. The number of primary amides is 1. The average Bonchev–Trinajstić information content (AvgIpc) is 2.89. The molecule has 1 amide bonds. The third-order valence-electron chi connectivity index (χ3n) is 3.18. The summed E-state index contributed by atoms with van der Waals surface area (Å²) in [5.74, 6) is -0.675. The number of hydrogen-bond acceptors (Lipinski definition) is 5. The number of hydrogen-bond donors (Lipinski definition) is 3. The van der Waals surface area contributed by atoms with E-state index in [4.69, 9.17) is 5.73 Å². The Balaban J connectivity index is 2.14. The lowest BCUT2D eigenvalue weighted by Crippen LogP contribution is -2.30. The Morgan fingerprint density at radius 1 is 1.58 bits per heavy atom. The minimum Gasteiger partial charge on any atom is -0.383 e. The summed E-state index contributed by atoms with van der Waals surface area (Å²) < 4.78 is 0. The number of non-ortho nitro benzene ring substituents is 1. The summed E-state index contributed by atoms with van der Waals surface area (Å²) in [4.78, 5) is 21.5. The maximum absolute atomic E-state index is 11.3. The van der Waals surface area contributed by atoms with Crippen molar-refractivity contribution in [2.75, 3.05) is 18.4 Å². The fraction of sp³-hybridized carbons (Fsp3) is 0.417. The minimum absolute atomic E-state index is 0.140. The van der Waals surface area contributed by atoms with Gasteiger partial charge in [0.2, 0.25) is 0 Å². The van der Waals surface area contributed by atoms with Gasteiger partial charge in [-0.05, 0) is 25.5 Å². The Hall–Kier alpha value is -2.15. The maximum atomic E-state index is 11.3. The first-order chi connectivity index (χ1) is 9.08. The standard InChI is InChI=1S/C12H16N4O3/c13-12(17)10-6-9(16(18)19)3-4-11(10)15-7-8-2-1-5-14-8/h3-4,6,8,14-15H,1-2,5,7H2,(H2,13,17). The first kappa shape index (κ1) is 13.3. The molecule has 0 bridgehead atoms. The average molecular weight is 264 g/mol.